The molecule has 0 radical (unpaired) electrons. The zero-order chi connectivity index (χ0) is 19.1. The lowest BCUT2D eigenvalue weighted by Crippen LogP contribution is -2.43. The van der Waals surface area contributed by atoms with Crippen molar-refractivity contribution < 1.29 is 4.79 Å². The number of carbonyl (C=O) groups is 1. The van der Waals surface area contributed by atoms with Crippen LogP contribution >= 0.6 is 0 Å². The molecule has 0 atom stereocenters. The van der Waals surface area contributed by atoms with Crippen LogP contribution in [0.1, 0.15) is 27.0 Å². The van der Waals surface area contributed by atoms with Crippen molar-refractivity contribution in [3.63, 3.8) is 0 Å². The molecule has 0 unspecified atom stereocenters. The summed E-state index contributed by atoms with van der Waals surface area (Å²) in [5.41, 5.74) is 5.67. The van der Waals surface area contributed by atoms with Gasteiger partial charge in [0.25, 0.3) is 5.91 Å². The zero-order valence-electron chi connectivity index (χ0n) is 16.2. The van der Waals surface area contributed by atoms with Crippen LogP contribution in [0.3, 0.4) is 0 Å². The zero-order valence-corrected chi connectivity index (χ0v) is 16.2. The number of amides is 1. The van der Waals surface area contributed by atoms with E-state index in [-0.39, 0.29) is 5.91 Å². The highest BCUT2D eigenvalue weighted by molar-refractivity contribution is 6.24. The molecule has 3 aromatic rings. The highest BCUT2D eigenvalue weighted by Crippen LogP contribution is 2.35. The van der Waals surface area contributed by atoms with E-state index in [1.165, 1.54) is 22.1 Å². The van der Waals surface area contributed by atoms with Gasteiger partial charge in [0.05, 0.1) is 0 Å². The molecule has 1 saturated heterocycles. The largest absolute Gasteiger partial charge is 0.321 e. The van der Waals surface area contributed by atoms with Crippen molar-refractivity contribution in [2.45, 2.75) is 13.0 Å². The quantitative estimate of drug-likeness (QED) is 0.759. The van der Waals surface area contributed by atoms with Gasteiger partial charge in [-0.25, -0.2) is 0 Å². The Labute approximate surface area is 165 Å². The fourth-order valence-electron chi connectivity index (χ4n) is 4.35. The highest BCUT2D eigenvalue weighted by atomic mass is 16.1. The first kappa shape index (κ1) is 17.4. The van der Waals surface area contributed by atoms with Gasteiger partial charge in [-0.05, 0) is 47.7 Å². The molecule has 0 aromatic heterocycles. The number of rotatable bonds is 4. The molecule has 2 heterocycles. The second kappa shape index (κ2) is 7.04. The molecule has 0 saturated carbocycles. The van der Waals surface area contributed by atoms with E-state index in [0.717, 1.165) is 55.8 Å². The van der Waals surface area contributed by atoms with Crippen LogP contribution in [0.25, 0.3) is 10.8 Å². The van der Waals surface area contributed by atoms with Gasteiger partial charge in [0.1, 0.15) is 0 Å². The predicted molar refractivity (Wildman–Crippen MR) is 114 cm³/mol. The molecule has 5 rings (SSSR count). The van der Waals surface area contributed by atoms with Gasteiger partial charge in [-0.3, -0.25) is 9.69 Å². The molecule has 2 aliphatic heterocycles. The number of hydrogen-bond donors (Lipinski definition) is 1. The SMILES string of the molecule is CN1CCN(Cc2ccc(Cc3ccc4c5c(cccc35)C(=O)N4)cc2)CC1. The molecule has 142 valence electrons. The Morgan fingerprint density at radius 3 is 2.43 bits per heavy atom. The van der Waals surface area contributed by atoms with Crippen LogP contribution in [0.4, 0.5) is 5.69 Å². The van der Waals surface area contributed by atoms with Gasteiger partial charge in [0, 0.05) is 49.4 Å². The van der Waals surface area contributed by atoms with Crippen molar-refractivity contribution in [3.8, 4) is 0 Å². The van der Waals surface area contributed by atoms with Gasteiger partial charge < -0.3 is 10.2 Å². The number of nitrogens with one attached hydrogen (secondary N) is 1. The maximum Gasteiger partial charge on any atom is 0.256 e. The molecule has 1 fully saturated rings. The summed E-state index contributed by atoms with van der Waals surface area (Å²) in [6.45, 7) is 5.63. The first-order chi connectivity index (χ1) is 13.7. The van der Waals surface area contributed by atoms with Crippen molar-refractivity contribution in [1.82, 2.24) is 9.80 Å². The normalized spacial score (nSPS) is 17.2. The summed E-state index contributed by atoms with van der Waals surface area (Å²) in [5.74, 6) is 0.00556. The average Bonchev–Trinajstić information content (AvgIpc) is 3.05. The van der Waals surface area contributed by atoms with Crippen molar-refractivity contribution in [3.05, 3.63) is 76.9 Å². The molecular weight excluding hydrogens is 346 g/mol. The summed E-state index contributed by atoms with van der Waals surface area (Å²) in [6, 6.07) is 19.2. The van der Waals surface area contributed by atoms with Crippen LogP contribution in [0.2, 0.25) is 0 Å². The summed E-state index contributed by atoms with van der Waals surface area (Å²) in [5, 5.41) is 5.21. The lowest BCUT2D eigenvalue weighted by Gasteiger charge is -2.32. The number of anilines is 1. The fraction of sp³-hybridized carbons (Fsp3) is 0.292. The molecule has 0 bridgehead atoms. The molecule has 4 nitrogen and oxygen atoms in total. The van der Waals surface area contributed by atoms with E-state index in [1.54, 1.807) is 0 Å². The topological polar surface area (TPSA) is 35.6 Å². The Morgan fingerprint density at radius 1 is 0.893 bits per heavy atom. The average molecular weight is 371 g/mol. The lowest BCUT2D eigenvalue weighted by molar-refractivity contribution is 0.103. The second-order valence-corrected chi connectivity index (χ2v) is 8.03. The lowest BCUT2D eigenvalue weighted by atomic mass is 9.95. The number of benzene rings is 3. The minimum Gasteiger partial charge on any atom is -0.321 e. The van der Waals surface area contributed by atoms with E-state index in [1.807, 2.05) is 18.2 Å². The Morgan fingerprint density at radius 2 is 1.64 bits per heavy atom. The number of nitrogens with zero attached hydrogens (tertiary/aromatic N) is 2. The molecular formula is C24H25N3O. The van der Waals surface area contributed by atoms with E-state index in [2.05, 4.69) is 58.6 Å². The second-order valence-electron chi connectivity index (χ2n) is 8.03. The third kappa shape index (κ3) is 3.19. The van der Waals surface area contributed by atoms with Gasteiger partial charge in [-0.1, -0.05) is 42.5 Å². The molecule has 0 aliphatic carbocycles. The minimum absolute atomic E-state index is 0.00556. The van der Waals surface area contributed by atoms with Crippen LogP contribution in [0.15, 0.2) is 54.6 Å². The fourth-order valence-corrected chi connectivity index (χ4v) is 4.35. The molecule has 1 N–H and O–H groups in total. The Kier molecular flexibility index (Phi) is 4.38. The van der Waals surface area contributed by atoms with Crippen molar-refractivity contribution in [2.75, 3.05) is 38.5 Å². The predicted octanol–water partition coefficient (Wildman–Crippen LogP) is 3.74. The van der Waals surface area contributed by atoms with Crippen LogP contribution in [-0.2, 0) is 13.0 Å². The van der Waals surface area contributed by atoms with Crippen molar-refractivity contribution in [2.24, 2.45) is 0 Å². The van der Waals surface area contributed by atoms with E-state index < -0.39 is 0 Å². The van der Waals surface area contributed by atoms with E-state index in [0.29, 0.717) is 0 Å². The maximum absolute atomic E-state index is 12.1. The molecule has 1 amide bonds. The molecule has 28 heavy (non-hydrogen) atoms. The summed E-state index contributed by atoms with van der Waals surface area (Å²) in [6.07, 6.45) is 0.878. The monoisotopic (exact) mass is 371 g/mol. The van der Waals surface area contributed by atoms with Crippen LogP contribution in [0, 0.1) is 0 Å². The Bertz CT molecular complexity index is 1030. The first-order valence-electron chi connectivity index (χ1n) is 10.0. The van der Waals surface area contributed by atoms with Crippen LogP contribution < -0.4 is 5.32 Å². The number of piperazine rings is 1. The highest BCUT2D eigenvalue weighted by Gasteiger charge is 2.22. The minimum atomic E-state index is 0.00556. The number of carbonyl (C=O) groups excluding carboxylic acids is 1. The van der Waals surface area contributed by atoms with E-state index in [4.69, 9.17) is 0 Å². The van der Waals surface area contributed by atoms with Crippen molar-refractivity contribution in [1.29, 1.82) is 0 Å². The number of likely N-dealkylation sites (N-methyl/N-ethyl adjacent to an activating group) is 1. The van der Waals surface area contributed by atoms with E-state index >= 15 is 0 Å². The summed E-state index contributed by atoms with van der Waals surface area (Å²) < 4.78 is 0. The third-order valence-electron chi connectivity index (χ3n) is 6.04. The molecule has 4 heteroatoms. The van der Waals surface area contributed by atoms with Gasteiger partial charge in [-0.2, -0.15) is 0 Å². The molecule has 3 aromatic carbocycles. The van der Waals surface area contributed by atoms with Gasteiger partial charge in [0.2, 0.25) is 0 Å². The molecule has 2 aliphatic rings. The Balaban J connectivity index is 1.35. The van der Waals surface area contributed by atoms with Crippen LogP contribution in [-0.4, -0.2) is 48.9 Å². The Hall–Kier alpha value is -2.69. The first-order valence-corrected chi connectivity index (χ1v) is 10.0. The smallest absolute Gasteiger partial charge is 0.256 e. The standard InChI is InChI=1S/C24H25N3O/c1-26-11-13-27(14-12-26)16-18-7-5-17(6-8-18)15-19-9-10-22-23-20(19)3-2-4-21(23)24(28)25-22/h2-10H,11-16H2,1H3,(H,25,28). The van der Waals surface area contributed by atoms with Crippen molar-refractivity contribution >= 4 is 22.4 Å². The summed E-state index contributed by atoms with van der Waals surface area (Å²) in [7, 11) is 2.19. The summed E-state index contributed by atoms with van der Waals surface area (Å²) >= 11 is 0. The third-order valence-corrected chi connectivity index (χ3v) is 6.04. The van der Waals surface area contributed by atoms with Gasteiger partial charge in [0.15, 0.2) is 0 Å². The van der Waals surface area contributed by atoms with Gasteiger partial charge in [-0.15, -0.1) is 0 Å². The van der Waals surface area contributed by atoms with E-state index in [9.17, 15) is 4.79 Å². The number of hydrogen-bond acceptors (Lipinski definition) is 3. The maximum atomic E-state index is 12.1. The summed E-state index contributed by atoms with van der Waals surface area (Å²) in [4.78, 5) is 17.0. The molecule has 0 spiro atoms. The van der Waals surface area contributed by atoms with Crippen LogP contribution in [0.5, 0.6) is 0 Å². The van der Waals surface area contributed by atoms with Gasteiger partial charge >= 0.3 is 0 Å².